The van der Waals surface area contributed by atoms with Crippen LogP contribution < -0.4 is 4.74 Å². The van der Waals surface area contributed by atoms with Crippen LogP contribution in [0.2, 0.25) is 0 Å². The molecule has 0 saturated carbocycles. The lowest BCUT2D eigenvalue weighted by molar-refractivity contribution is 0.416. The summed E-state index contributed by atoms with van der Waals surface area (Å²) in [5, 5.41) is 12.9. The number of aromatic nitrogens is 2. The van der Waals surface area contributed by atoms with Gasteiger partial charge >= 0.3 is 0 Å². The van der Waals surface area contributed by atoms with E-state index in [0.717, 1.165) is 17.0 Å². The molecule has 0 atom stereocenters. The SMILES string of the molecule is COc1ccccc1-c1cc(C#N)nn1C. The van der Waals surface area contributed by atoms with Crippen molar-refractivity contribution in [2.24, 2.45) is 7.05 Å². The summed E-state index contributed by atoms with van der Waals surface area (Å²) in [5.74, 6) is 0.773. The van der Waals surface area contributed by atoms with Gasteiger partial charge in [0.2, 0.25) is 0 Å². The molecule has 0 radical (unpaired) electrons. The van der Waals surface area contributed by atoms with E-state index in [0.29, 0.717) is 5.69 Å². The molecule has 0 aliphatic carbocycles. The van der Waals surface area contributed by atoms with Crippen LogP contribution >= 0.6 is 0 Å². The van der Waals surface area contributed by atoms with Crippen molar-refractivity contribution in [3.05, 3.63) is 36.0 Å². The van der Waals surface area contributed by atoms with E-state index < -0.39 is 0 Å². The van der Waals surface area contributed by atoms with Crippen molar-refractivity contribution in [1.29, 1.82) is 5.26 Å². The molecule has 4 nitrogen and oxygen atoms in total. The highest BCUT2D eigenvalue weighted by atomic mass is 16.5. The van der Waals surface area contributed by atoms with Gasteiger partial charge in [0.15, 0.2) is 5.69 Å². The normalized spacial score (nSPS) is 9.81. The predicted molar refractivity (Wildman–Crippen MR) is 59.9 cm³/mol. The third-order valence-electron chi connectivity index (χ3n) is 2.38. The van der Waals surface area contributed by atoms with Gasteiger partial charge in [-0.1, -0.05) is 12.1 Å². The van der Waals surface area contributed by atoms with Crippen LogP contribution in [0.1, 0.15) is 5.69 Å². The molecule has 0 amide bonds. The van der Waals surface area contributed by atoms with E-state index in [1.807, 2.05) is 37.4 Å². The molecule has 1 heterocycles. The smallest absolute Gasteiger partial charge is 0.163 e. The molecule has 0 aliphatic heterocycles. The molecule has 80 valence electrons. The molecule has 0 saturated heterocycles. The number of nitrogens with zero attached hydrogens (tertiary/aromatic N) is 3. The monoisotopic (exact) mass is 213 g/mol. The zero-order valence-electron chi connectivity index (χ0n) is 9.14. The molecule has 0 unspecified atom stereocenters. The molecule has 0 N–H and O–H groups in total. The van der Waals surface area contributed by atoms with Crippen molar-refractivity contribution in [2.45, 2.75) is 0 Å². The second-order valence-electron chi connectivity index (χ2n) is 3.35. The van der Waals surface area contributed by atoms with E-state index in [1.165, 1.54) is 0 Å². The molecule has 0 fully saturated rings. The number of para-hydroxylation sites is 1. The molecule has 4 heteroatoms. The number of rotatable bonds is 2. The standard InChI is InChI=1S/C12H11N3O/c1-15-11(7-9(8-13)14-15)10-5-3-4-6-12(10)16-2/h3-7H,1-2H3. The Bertz CT molecular complexity index is 552. The van der Waals surface area contributed by atoms with Crippen LogP contribution in [0.5, 0.6) is 5.75 Å². The minimum Gasteiger partial charge on any atom is -0.496 e. The Morgan fingerprint density at radius 2 is 2.12 bits per heavy atom. The summed E-state index contributed by atoms with van der Waals surface area (Å²) in [6, 6.07) is 11.4. The Balaban J connectivity index is 2.58. The number of benzene rings is 1. The van der Waals surface area contributed by atoms with Crippen LogP contribution in [0.4, 0.5) is 0 Å². The average Bonchev–Trinajstić information content (AvgIpc) is 2.70. The predicted octanol–water partition coefficient (Wildman–Crippen LogP) is 1.97. The maximum atomic E-state index is 8.79. The molecule has 16 heavy (non-hydrogen) atoms. The maximum absolute atomic E-state index is 8.79. The highest BCUT2D eigenvalue weighted by Crippen LogP contribution is 2.29. The van der Waals surface area contributed by atoms with Gasteiger partial charge in [0.05, 0.1) is 12.8 Å². The fourth-order valence-electron chi connectivity index (χ4n) is 1.63. The van der Waals surface area contributed by atoms with Crippen LogP contribution in [-0.4, -0.2) is 16.9 Å². The quantitative estimate of drug-likeness (QED) is 0.766. The number of hydrogen-bond acceptors (Lipinski definition) is 3. The zero-order chi connectivity index (χ0) is 11.5. The largest absolute Gasteiger partial charge is 0.496 e. The van der Waals surface area contributed by atoms with Gasteiger partial charge in [0.1, 0.15) is 11.8 Å². The lowest BCUT2D eigenvalue weighted by Crippen LogP contribution is -1.95. The van der Waals surface area contributed by atoms with Crippen LogP contribution in [0, 0.1) is 11.3 Å². The van der Waals surface area contributed by atoms with Crippen LogP contribution in [-0.2, 0) is 7.05 Å². The van der Waals surface area contributed by atoms with Gasteiger partial charge < -0.3 is 4.74 Å². The summed E-state index contributed by atoms with van der Waals surface area (Å²) >= 11 is 0. The summed E-state index contributed by atoms with van der Waals surface area (Å²) in [7, 11) is 3.43. The first-order valence-electron chi connectivity index (χ1n) is 4.84. The van der Waals surface area contributed by atoms with E-state index in [4.69, 9.17) is 10.00 Å². The molecule has 0 spiro atoms. The van der Waals surface area contributed by atoms with Gasteiger partial charge in [-0.25, -0.2) is 0 Å². The van der Waals surface area contributed by atoms with Gasteiger partial charge in [-0.15, -0.1) is 0 Å². The van der Waals surface area contributed by atoms with Gasteiger partial charge in [0.25, 0.3) is 0 Å². The molecule has 1 aromatic heterocycles. The lowest BCUT2D eigenvalue weighted by Gasteiger charge is -2.07. The van der Waals surface area contributed by atoms with E-state index >= 15 is 0 Å². The van der Waals surface area contributed by atoms with Crippen molar-refractivity contribution in [3.63, 3.8) is 0 Å². The van der Waals surface area contributed by atoms with E-state index in [-0.39, 0.29) is 0 Å². The van der Waals surface area contributed by atoms with E-state index in [2.05, 4.69) is 5.10 Å². The Morgan fingerprint density at radius 1 is 1.38 bits per heavy atom. The van der Waals surface area contributed by atoms with Crippen molar-refractivity contribution >= 4 is 0 Å². The summed E-state index contributed by atoms with van der Waals surface area (Å²) in [4.78, 5) is 0. The number of ether oxygens (including phenoxy) is 1. The third kappa shape index (κ3) is 1.63. The molecule has 1 aromatic carbocycles. The zero-order valence-corrected chi connectivity index (χ0v) is 9.14. The van der Waals surface area contributed by atoms with E-state index in [9.17, 15) is 0 Å². The Morgan fingerprint density at radius 3 is 2.75 bits per heavy atom. The topological polar surface area (TPSA) is 50.8 Å². The Kier molecular flexibility index (Phi) is 2.61. The Hall–Kier alpha value is -2.28. The minimum absolute atomic E-state index is 0.406. The summed E-state index contributed by atoms with van der Waals surface area (Å²) in [6.45, 7) is 0. The van der Waals surface area contributed by atoms with Crippen LogP contribution in [0.15, 0.2) is 30.3 Å². The van der Waals surface area contributed by atoms with Gasteiger partial charge in [-0.2, -0.15) is 10.4 Å². The first-order valence-corrected chi connectivity index (χ1v) is 4.84. The van der Waals surface area contributed by atoms with Gasteiger partial charge in [0, 0.05) is 18.7 Å². The van der Waals surface area contributed by atoms with E-state index in [1.54, 1.807) is 17.9 Å². The maximum Gasteiger partial charge on any atom is 0.163 e. The molecule has 0 bridgehead atoms. The molecule has 2 rings (SSSR count). The van der Waals surface area contributed by atoms with Gasteiger partial charge in [-0.3, -0.25) is 4.68 Å². The first-order chi connectivity index (χ1) is 7.76. The fourth-order valence-corrected chi connectivity index (χ4v) is 1.63. The summed E-state index contributed by atoms with van der Waals surface area (Å²) in [6.07, 6.45) is 0. The highest BCUT2D eigenvalue weighted by Gasteiger charge is 2.10. The van der Waals surface area contributed by atoms with Crippen LogP contribution in [0.25, 0.3) is 11.3 Å². The lowest BCUT2D eigenvalue weighted by atomic mass is 10.1. The number of nitriles is 1. The van der Waals surface area contributed by atoms with Crippen molar-refractivity contribution in [1.82, 2.24) is 9.78 Å². The first kappa shape index (κ1) is 10.2. The number of hydrogen-bond donors (Lipinski definition) is 0. The second-order valence-corrected chi connectivity index (χ2v) is 3.35. The van der Waals surface area contributed by atoms with Crippen LogP contribution in [0.3, 0.4) is 0 Å². The average molecular weight is 213 g/mol. The van der Waals surface area contributed by atoms with Gasteiger partial charge in [-0.05, 0) is 12.1 Å². The summed E-state index contributed by atoms with van der Waals surface area (Å²) < 4.78 is 6.95. The highest BCUT2D eigenvalue weighted by molar-refractivity contribution is 5.68. The molecular formula is C12H11N3O. The molecular weight excluding hydrogens is 202 g/mol. The molecule has 2 aromatic rings. The van der Waals surface area contributed by atoms with Crippen molar-refractivity contribution < 1.29 is 4.74 Å². The number of methoxy groups -OCH3 is 1. The minimum atomic E-state index is 0.406. The number of aryl methyl sites for hydroxylation is 1. The molecule has 0 aliphatic rings. The third-order valence-corrected chi connectivity index (χ3v) is 2.38. The Labute approximate surface area is 93.7 Å². The van der Waals surface area contributed by atoms with Crippen molar-refractivity contribution in [3.8, 4) is 23.1 Å². The second kappa shape index (κ2) is 4.07. The fraction of sp³-hybridized carbons (Fsp3) is 0.167. The summed E-state index contributed by atoms with van der Waals surface area (Å²) in [5.41, 5.74) is 2.21. The van der Waals surface area contributed by atoms with Crippen molar-refractivity contribution in [2.75, 3.05) is 7.11 Å².